The van der Waals surface area contributed by atoms with Gasteiger partial charge in [-0.2, -0.15) is 0 Å². The Morgan fingerprint density at radius 3 is 2.85 bits per heavy atom. The van der Waals surface area contributed by atoms with Crippen molar-refractivity contribution in [1.29, 1.82) is 0 Å². The van der Waals surface area contributed by atoms with Gasteiger partial charge in [0.2, 0.25) is 0 Å². The first-order chi connectivity index (χ1) is 9.65. The third-order valence-corrected chi connectivity index (χ3v) is 4.31. The Morgan fingerprint density at radius 2 is 2.00 bits per heavy atom. The molecule has 0 bridgehead atoms. The summed E-state index contributed by atoms with van der Waals surface area (Å²) in [7, 11) is 0. The molecule has 3 rings (SSSR count). The zero-order chi connectivity index (χ0) is 14.1. The molecule has 0 spiro atoms. The number of hydrogen-bond acceptors (Lipinski definition) is 2. The third-order valence-electron chi connectivity index (χ3n) is 3.43. The number of benzene rings is 2. The lowest BCUT2D eigenvalue weighted by molar-refractivity contribution is 0.0992. The van der Waals surface area contributed by atoms with Gasteiger partial charge >= 0.3 is 0 Å². The number of hydrogen-bond donors (Lipinski definition) is 0. The molecule has 0 radical (unpaired) electrons. The van der Waals surface area contributed by atoms with E-state index in [4.69, 9.17) is 4.74 Å². The molecule has 0 aromatic heterocycles. The van der Waals surface area contributed by atoms with Gasteiger partial charge in [0.25, 0.3) is 0 Å². The first kappa shape index (κ1) is 13.5. The van der Waals surface area contributed by atoms with E-state index in [1.54, 1.807) is 12.1 Å². The van der Waals surface area contributed by atoms with Crippen LogP contribution in [0.1, 0.15) is 27.0 Å². The minimum absolute atomic E-state index is 0.0222. The van der Waals surface area contributed by atoms with Gasteiger partial charge in [-0.25, -0.2) is 4.39 Å². The molecule has 0 N–H and O–H groups in total. The maximum Gasteiger partial charge on any atom is 0.167 e. The van der Waals surface area contributed by atoms with Crippen LogP contribution in [0.25, 0.3) is 0 Å². The minimum atomic E-state index is -0.349. The van der Waals surface area contributed by atoms with Crippen molar-refractivity contribution in [3.8, 4) is 0 Å². The van der Waals surface area contributed by atoms with E-state index in [9.17, 15) is 9.18 Å². The predicted octanol–water partition coefficient (Wildman–Crippen LogP) is 4.04. The maximum atomic E-state index is 13.4. The lowest BCUT2D eigenvalue weighted by Crippen LogP contribution is -2.05. The second kappa shape index (κ2) is 5.46. The largest absolute Gasteiger partial charge is 0.372 e. The topological polar surface area (TPSA) is 26.3 Å². The summed E-state index contributed by atoms with van der Waals surface area (Å²) >= 11 is 3.18. The van der Waals surface area contributed by atoms with Gasteiger partial charge in [0.15, 0.2) is 5.78 Å². The minimum Gasteiger partial charge on any atom is -0.372 e. The van der Waals surface area contributed by atoms with E-state index in [2.05, 4.69) is 15.9 Å². The summed E-state index contributed by atoms with van der Waals surface area (Å²) in [5.41, 5.74) is 3.50. The third kappa shape index (κ3) is 2.53. The molecule has 1 heterocycles. The van der Waals surface area contributed by atoms with Crippen molar-refractivity contribution in [3.63, 3.8) is 0 Å². The van der Waals surface area contributed by atoms with Crippen molar-refractivity contribution >= 4 is 21.7 Å². The van der Waals surface area contributed by atoms with Crippen LogP contribution >= 0.6 is 15.9 Å². The number of halogens is 2. The lowest BCUT2D eigenvalue weighted by atomic mass is 9.99. The monoisotopic (exact) mass is 334 g/mol. The Morgan fingerprint density at radius 1 is 1.20 bits per heavy atom. The Balaban J connectivity index is 1.84. The van der Waals surface area contributed by atoms with Gasteiger partial charge in [0, 0.05) is 12.0 Å². The summed E-state index contributed by atoms with van der Waals surface area (Å²) in [5.74, 6) is -0.372. The van der Waals surface area contributed by atoms with E-state index in [0.717, 1.165) is 11.1 Å². The Bertz CT molecular complexity index is 682. The second-order valence-electron chi connectivity index (χ2n) is 4.79. The van der Waals surface area contributed by atoms with E-state index in [1.807, 2.05) is 18.2 Å². The fourth-order valence-corrected chi connectivity index (χ4v) is 2.71. The van der Waals surface area contributed by atoms with Gasteiger partial charge in [0.05, 0.1) is 17.7 Å². The highest BCUT2D eigenvalue weighted by atomic mass is 79.9. The molecular weight excluding hydrogens is 323 g/mol. The molecule has 1 aliphatic heterocycles. The van der Waals surface area contributed by atoms with Crippen LogP contribution in [0.3, 0.4) is 0 Å². The molecule has 0 saturated heterocycles. The summed E-state index contributed by atoms with van der Waals surface area (Å²) in [6, 6.07) is 10.3. The SMILES string of the molecule is O=C(Cc1cccc(F)c1Br)c1ccc2c(c1)COC2. The fraction of sp³-hybridized carbons (Fsp3) is 0.188. The first-order valence-corrected chi connectivity index (χ1v) is 7.10. The first-order valence-electron chi connectivity index (χ1n) is 6.31. The summed E-state index contributed by atoms with van der Waals surface area (Å²) in [4.78, 5) is 12.3. The summed E-state index contributed by atoms with van der Waals surface area (Å²) in [6.45, 7) is 1.17. The zero-order valence-electron chi connectivity index (χ0n) is 10.7. The molecule has 1 aliphatic rings. The van der Waals surface area contributed by atoms with Crippen molar-refractivity contribution in [2.75, 3.05) is 0 Å². The van der Waals surface area contributed by atoms with Crippen molar-refractivity contribution in [3.05, 3.63) is 68.9 Å². The normalized spacial score (nSPS) is 13.3. The van der Waals surface area contributed by atoms with Crippen LogP contribution in [0.15, 0.2) is 40.9 Å². The van der Waals surface area contributed by atoms with Crippen LogP contribution in [0.2, 0.25) is 0 Å². The van der Waals surface area contributed by atoms with Crippen molar-refractivity contribution in [2.45, 2.75) is 19.6 Å². The van der Waals surface area contributed by atoms with Gasteiger partial charge < -0.3 is 4.74 Å². The van der Waals surface area contributed by atoms with Crippen LogP contribution in [0.5, 0.6) is 0 Å². The van der Waals surface area contributed by atoms with Gasteiger partial charge in [0.1, 0.15) is 5.82 Å². The van der Waals surface area contributed by atoms with E-state index in [1.165, 1.54) is 6.07 Å². The van der Waals surface area contributed by atoms with Gasteiger partial charge in [-0.1, -0.05) is 24.3 Å². The number of rotatable bonds is 3. The lowest BCUT2D eigenvalue weighted by Gasteiger charge is -2.06. The predicted molar refractivity (Wildman–Crippen MR) is 77.1 cm³/mol. The molecular formula is C16H12BrFO2. The van der Waals surface area contributed by atoms with E-state index >= 15 is 0 Å². The summed E-state index contributed by atoms with van der Waals surface area (Å²) in [6.07, 6.45) is 0.179. The standard InChI is InChI=1S/C16H12BrFO2/c17-16-11(2-1-3-14(16)18)7-15(19)10-4-5-12-8-20-9-13(12)6-10/h1-6H,7-9H2. The highest BCUT2D eigenvalue weighted by molar-refractivity contribution is 9.10. The van der Waals surface area contributed by atoms with E-state index in [-0.39, 0.29) is 18.0 Å². The van der Waals surface area contributed by atoms with E-state index < -0.39 is 0 Å². The van der Waals surface area contributed by atoms with Crippen LogP contribution in [0.4, 0.5) is 4.39 Å². The smallest absolute Gasteiger partial charge is 0.167 e. The molecule has 20 heavy (non-hydrogen) atoms. The molecule has 0 unspecified atom stereocenters. The summed E-state index contributed by atoms with van der Waals surface area (Å²) < 4.78 is 19.1. The van der Waals surface area contributed by atoms with Gasteiger partial charge in [-0.15, -0.1) is 0 Å². The van der Waals surface area contributed by atoms with Crippen LogP contribution < -0.4 is 0 Å². The molecule has 0 amide bonds. The average Bonchev–Trinajstić information content (AvgIpc) is 2.91. The Labute approximate surface area is 124 Å². The number of carbonyl (C=O) groups excluding carboxylic acids is 1. The van der Waals surface area contributed by atoms with Crippen molar-refractivity contribution < 1.29 is 13.9 Å². The molecule has 102 valence electrons. The molecule has 2 aromatic rings. The van der Waals surface area contributed by atoms with Gasteiger partial charge in [-0.05, 0) is 44.8 Å². The number of Topliss-reactive ketones (excluding diaryl/α,β-unsaturated/α-hetero) is 1. The molecule has 2 nitrogen and oxygen atoms in total. The zero-order valence-corrected chi connectivity index (χ0v) is 12.2. The molecule has 4 heteroatoms. The summed E-state index contributed by atoms with van der Waals surface area (Å²) in [5, 5.41) is 0. The Kier molecular flexibility index (Phi) is 3.68. The van der Waals surface area contributed by atoms with Crippen LogP contribution in [-0.4, -0.2) is 5.78 Å². The molecule has 0 fully saturated rings. The van der Waals surface area contributed by atoms with Crippen molar-refractivity contribution in [2.24, 2.45) is 0 Å². The molecule has 0 aliphatic carbocycles. The molecule has 0 saturated carbocycles. The number of fused-ring (bicyclic) bond motifs is 1. The molecule has 0 atom stereocenters. The maximum absolute atomic E-state index is 13.4. The number of ketones is 1. The highest BCUT2D eigenvalue weighted by Gasteiger charge is 2.16. The van der Waals surface area contributed by atoms with Crippen molar-refractivity contribution in [1.82, 2.24) is 0 Å². The molecule has 2 aromatic carbocycles. The number of ether oxygens (including phenoxy) is 1. The van der Waals surface area contributed by atoms with Crippen LogP contribution in [0, 0.1) is 5.82 Å². The van der Waals surface area contributed by atoms with Crippen LogP contribution in [-0.2, 0) is 24.4 Å². The van der Waals surface area contributed by atoms with E-state index in [0.29, 0.717) is 28.8 Å². The number of carbonyl (C=O) groups is 1. The second-order valence-corrected chi connectivity index (χ2v) is 5.58. The van der Waals surface area contributed by atoms with Gasteiger partial charge in [-0.3, -0.25) is 4.79 Å². The fourth-order valence-electron chi connectivity index (χ4n) is 2.31. The average molecular weight is 335 g/mol. The highest BCUT2D eigenvalue weighted by Crippen LogP contribution is 2.24. The Hall–Kier alpha value is -1.52. The quantitative estimate of drug-likeness (QED) is 0.791.